The molecule has 0 unspecified atom stereocenters. The minimum atomic E-state index is -4.85. The van der Waals surface area contributed by atoms with Crippen LogP contribution in [0.3, 0.4) is 0 Å². The molecule has 0 amide bonds. The molecule has 0 aliphatic rings. The monoisotopic (exact) mass is 239 g/mol. The second kappa shape index (κ2) is 4.54. The summed E-state index contributed by atoms with van der Waals surface area (Å²) in [5.74, 6) is -0.746. The van der Waals surface area contributed by atoms with Gasteiger partial charge in [0.2, 0.25) is 0 Å². The topological polar surface area (TPSA) is 31.4 Å². The van der Waals surface area contributed by atoms with E-state index in [2.05, 4.69) is 14.5 Å². The summed E-state index contributed by atoms with van der Waals surface area (Å²) in [5.41, 5.74) is -0.140. The highest BCUT2D eigenvalue weighted by atomic mass is 19.4. The van der Waals surface area contributed by atoms with Gasteiger partial charge in [0.25, 0.3) is 0 Å². The molecule has 0 bridgehead atoms. The molecule has 1 aromatic rings. The molecule has 1 heterocycles. The third-order valence-corrected chi connectivity index (χ3v) is 1.90. The number of alkyl halides is 4. The van der Waals surface area contributed by atoms with Crippen LogP contribution in [0.4, 0.5) is 17.6 Å². The zero-order chi connectivity index (χ0) is 12.3. The zero-order valence-electron chi connectivity index (χ0n) is 8.56. The number of hydrogen-bond donors (Lipinski definition) is 0. The van der Waals surface area contributed by atoms with Gasteiger partial charge in [0.15, 0.2) is 11.5 Å². The average Bonchev–Trinajstić information content (AvgIpc) is 2.19. The summed E-state index contributed by atoms with van der Waals surface area (Å²) in [4.78, 5) is 3.61. The van der Waals surface area contributed by atoms with Gasteiger partial charge in [-0.2, -0.15) is 0 Å². The summed E-state index contributed by atoms with van der Waals surface area (Å²) in [6.07, 6.45) is -3.87. The smallest absolute Gasteiger partial charge is 0.491 e. The van der Waals surface area contributed by atoms with Gasteiger partial charge in [-0.05, 0) is 6.92 Å². The average molecular weight is 239 g/mol. The normalized spacial score (nSPS) is 11.4. The van der Waals surface area contributed by atoms with E-state index in [1.54, 1.807) is 0 Å². The van der Waals surface area contributed by atoms with Gasteiger partial charge >= 0.3 is 6.36 Å². The maximum absolute atomic E-state index is 12.4. The maximum atomic E-state index is 12.4. The Morgan fingerprint density at radius 2 is 2.00 bits per heavy atom. The fraction of sp³-hybridized carbons (Fsp3) is 0.444. The molecule has 1 rings (SSSR count). The van der Waals surface area contributed by atoms with Gasteiger partial charge in [-0.15, -0.1) is 13.2 Å². The number of nitrogens with zero attached hydrogens (tertiary/aromatic N) is 1. The molecule has 0 spiro atoms. The van der Waals surface area contributed by atoms with Gasteiger partial charge in [-0.3, -0.25) is 4.98 Å². The number of pyridine rings is 1. The summed E-state index contributed by atoms with van der Waals surface area (Å²) in [6, 6.07) is 0. The Hall–Kier alpha value is -1.53. The summed E-state index contributed by atoms with van der Waals surface area (Å²) >= 11 is 0. The lowest BCUT2D eigenvalue weighted by Crippen LogP contribution is -2.19. The number of methoxy groups -OCH3 is 1. The molecule has 1 aromatic heterocycles. The fourth-order valence-corrected chi connectivity index (χ4v) is 1.13. The molecule has 0 N–H and O–H groups in total. The van der Waals surface area contributed by atoms with Crippen LogP contribution in [-0.4, -0.2) is 18.5 Å². The standard InChI is InChI=1S/C9H9F4NO2/c1-5-6(3-10)14-4-7(15-2)8(5)16-9(11,12)13/h4H,3H2,1-2H3. The minimum Gasteiger partial charge on any atom is -0.491 e. The largest absolute Gasteiger partial charge is 0.573 e. The van der Waals surface area contributed by atoms with Crippen molar-refractivity contribution in [2.24, 2.45) is 0 Å². The van der Waals surface area contributed by atoms with E-state index >= 15 is 0 Å². The minimum absolute atomic E-state index is 0.0285. The first-order valence-electron chi connectivity index (χ1n) is 4.23. The van der Waals surface area contributed by atoms with Crippen LogP contribution in [0.1, 0.15) is 11.3 Å². The van der Waals surface area contributed by atoms with E-state index < -0.39 is 18.8 Å². The lowest BCUT2D eigenvalue weighted by atomic mass is 10.2. The highest BCUT2D eigenvalue weighted by molar-refractivity contribution is 5.46. The quantitative estimate of drug-likeness (QED) is 0.760. The van der Waals surface area contributed by atoms with E-state index in [1.165, 1.54) is 14.0 Å². The van der Waals surface area contributed by atoms with Gasteiger partial charge in [0.05, 0.1) is 19.0 Å². The van der Waals surface area contributed by atoms with E-state index in [0.717, 1.165) is 6.20 Å². The van der Waals surface area contributed by atoms with Crippen LogP contribution in [0.2, 0.25) is 0 Å². The Labute approximate surface area is 89.0 Å². The van der Waals surface area contributed by atoms with Crippen molar-refractivity contribution in [3.05, 3.63) is 17.5 Å². The Morgan fingerprint density at radius 3 is 2.44 bits per heavy atom. The second-order valence-electron chi connectivity index (χ2n) is 2.91. The Kier molecular flexibility index (Phi) is 3.56. The fourth-order valence-electron chi connectivity index (χ4n) is 1.13. The molecule has 3 nitrogen and oxygen atoms in total. The first kappa shape index (κ1) is 12.5. The molecule has 0 saturated carbocycles. The lowest BCUT2D eigenvalue weighted by molar-refractivity contribution is -0.275. The van der Waals surface area contributed by atoms with Crippen LogP contribution in [-0.2, 0) is 6.67 Å². The van der Waals surface area contributed by atoms with Crippen LogP contribution >= 0.6 is 0 Å². The van der Waals surface area contributed by atoms with E-state index in [9.17, 15) is 17.6 Å². The van der Waals surface area contributed by atoms with Crippen molar-refractivity contribution in [3.63, 3.8) is 0 Å². The molecule has 90 valence electrons. The van der Waals surface area contributed by atoms with Crippen molar-refractivity contribution in [2.45, 2.75) is 20.0 Å². The van der Waals surface area contributed by atoms with Crippen molar-refractivity contribution in [1.29, 1.82) is 0 Å². The van der Waals surface area contributed by atoms with Gasteiger partial charge in [0, 0.05) is 5.56 Å². The van der Waals surface area contributed by atoms with Crippen LogP contribution in [0, 0.1) is 6.92 Å². The number of ether oxygens (including phenoxy) is 2. The molecule has 0 saturated heterocycles. The van der Waals surface area contributed by atoms with Crippen molar-refractivity contribution in [1.82, 2.24) is 4.98 Å². The first-order valence-corrected chi connectivity index (χ1v) is 4.23. The van der Waals surface area contributed by atoms with Crippen molar-refractivity contribution >= 4 is 0 Å². The highest BCUT2D eigenvalue weighted by Crippen LogP contribution is 2.35. The van der Waals surface area contributed by atoms with Gasteiger partial charge in [-0.25, -0.2) is 4.39 Å². The molecule has 0 aliphatic heterocycles. The number of aromatic nitrogens is 1. The Morgan fingerprint density at radius 1 is 1.38 bits per heavy atom. The second-order valence-corrected chi connectivity index (χ2v) is 2.91. The van der Waals surface area contributed by atoms with E-state index in [0.29, 0.717) is 0 Å². The molecule has 7 heteroatoms. The van der Waals surface area contributed by atoms with Crippen LogP contribution in [0.5, 0.6) is 11.5 Å². The van der Waals surface area contributed by atoms with Crippen molar-refractivity contribution < 1.29 is 27.0 Å². The summed E-state index contributed by atoms with van der Waals surface area (Å²) < 4.78 is 57.1. The molecular weight excluding hydrogens is 230 g/mol. The Balaban J connectivity index is 3.21. The van der Waals surface area contributed by atoms with Crippen LogP contribution in [0.15, 0.2) is 6.20 Å². The van der Waals surface area contributed by atoms with Gasteiger partial charge in [-0.1, -0.05) is 0 Å². The summed E-state index contributed by atoms with van der Waals surface area (Å²) in [7, 11) is 1.18. The van der Waals surface area contributed by atoms with Crippen molar-refractivity contribution in [3.8, 4) is 11.5 Å². The van der Waals surface area contributed by atoms with Gasteiger partial charge < -0.3 is 9.47 Å². The maximum Gasteiger partial charge on any atom is 0.573 e. The van der Waals surface area contributed by atoms with Crippen LogP contribution < -0.4 is 9.47 Å². The first-order chi connectivity index (χ1) is 7.39. The number of hydrogen-bond acceptors (Lipinski definition) is 3. The third-order valence-electron chi connectivity index (χ3n) is 1.90. The predicted octanol–water partition coefficient (Wildman–Crippen LogP) is 2.77. The number of halogens is 4. The van der Waals surface area contributed by atoms with Crippen molar-refractivity contribution in [2.75, 3.05) is 7.11 Å². The third kappa shape index (κ3) is 2.74. The highest BCUT2D eigenvalue weighted by Gasteiger charge is 2.33. The SMILES string of the molecule is COc1cnc(CF)c(C)c1OC(F)(F)F. The Bertz CT molecular complexity index is 379. The lowest BCUT2D eigenvalue weighted by Gasteiger charge is -2.15. The molecule has 0 atom stereocenters. The molecule has 16 heavy (non-hydrogen) atoms. The van der Waals surface area contributed by atoms with Crippen LogP contribution in [0.25, 0.3) is 0 Å². The predicted molar refractivity (Wildman–Crippen MR) is 47.0 cm³/mol. The molecular formula is C9H9F4NO2. The molecule has 0 radical (unpaired) electrons. The van der Waals surface area contributed by atoms with Gasteiger partial charge in [0.1, 0.15) is 6.67 Å². The summed E-state index contributed by atoms with van der Waals surface area (Å²) in [5, 5.41) is 0. The van der Waals surface area contributed by atoms with E-state index in [-0.39, 0.29) is 17.0 Å². The number of rotatable bonds is 3. The van der Waals surface area contributed by atoms with E-state index in [4.69, 9.17) is 0 Å². The molecule has 0 aliphatic carbocycles. The molecule has 0 fully saturated rings. The summed E-state index contributed by atoms with van der Waals surface area (Å²) in [6.45, 7) is 0.315. The van der Waals surface area contributed by atoms with E-state index in [1.807, 2.05) is 0 Å². The zero-order valence-corrected chi connectivity index (χ0v) is 8.56. The molecule has 0 aromatic carbocycles.